The maximum absolute atomic E-state index is 12.3. The zero-order chi connectivity index (χ0) is 13.1. The number of alkyl halides is 1. The number of amides is 1. The van der Waals surface area contributed by atoms with E-state index in [-0.39, 0.29) is 11.4 Å². The molecule has 0 unspecified atom stereocenters. The molecule has 0 aliphatic rings. The molecule has 0 N–H and O–H groups in total. The van der Waals surface area contributed by atoms with E-state index < -0.39 is 0 Å². The molecule has 0 bridgehead atoms. The highest BCUT2D eigenvalue weighted by Gasteiger charge is 2.26. The van der Waals surface area contributed by atoms with Gasteiger partial charge in [0, 0.05) is 23.5 Å². The smallest absolute Gasteiger partial charge is 0.254 e. The summed E-state index contributed by atoms with van der Waals surface area (Å²) in [5, 5.41) is 0.817. The lowest BCUT2D eigenvalue weighted by Gasteiger charge is -2.35. The minimum atomic E-state index is -0.106. The van der Waals surface area contributed by atoms with Crippen molar-refractivity contribution in [3.63, 3.8) is 0 Å². The Labute approximate surface area is 112 Å². The van der Waals surface area contributed by atoms with Crippen LogP contribution in [0.15, 0.2) is 24.3 Å². The topological polar surface area (TPSA) is 20.3 Å². The van der Waals surface area contributed by atoms with Gasteiger partial charge in [-0.3, -0.25) is 4.79 Å². The highest BCUT2D eigenvalue weighted by Crippen LogP contribution is 2.19. The molecule has 0 heterocycles. The van der Waals surface area contributed by atoms with Gasteiger partial charge < -0.3 is 4.90 Å². The molecule has 0 saturated carbocycles. The highest BCUT2D eigenvalue weighted by atomic mass is 79.9. The average molecular weight is 298 g/mol. The van der Waals surface area contributed by atoms with Crippen LogP contribution in [-0.4, -0.2) is 23.4 Å². The first-order valence-corrected chi connectivity index (χ1v) is 6.97. The molecule has 0 fully saturated rings. The SMILES string of the molecule is CCC(C)(C)N(C)C(=O)c1ccc(CBr)cc1. The molecule has 1 rings (SSSR count). The second-order valence-electron chi connectivity index (χ2n) is 4.86. The van der Waals surface area contributed by atoms with E-state index in [1.54, 1.807) is 0 Å². The fourth-order valence-corrected chi connectivity index (χ4v) is 1.82. The maximum atomic E-state index is 12.3. The third kappa shape index (κ3) is 3.32. The van der Waals surface area contributed by atoms with E-state index in [1.807, 2.05) is 36.2 Å². The number of nitrogens with zero attached hydrogens (tertiary/aromatic N) is 1. The van der Waals surface area contributed by atoms with Crippen LogP contribution in [0, 0.1) is 0 Å². The Morgan fingerprint density at radius 3 is 2.24 bits per heavy atom. The number of hydrogen-bond acceptors (Lipinski definition) is 1. The van der Waals surface area contributed by atoms with Gasteiger partial charge in [0.2, 0.25) is 0 Å². The second-order valence-corrected chi connectivity index (χ2v) is 5.42. The lowest BCUT2D eigenvalue weighted by atomic mass is 9.98. The van der Waals surface area contributed by atoms with Crippen LogP contribution in [0.3, 0.4) is 0 Å². The zero-order valence-electron chi connectivity index (χ0n) is 11.0. The molecule has 94 valence electrons. The lowest BCUT2D eigenvalue weighted by Crippen LogP contribution is -2.44. The van der Waals surface area contributed by atoms with E-state index >= 15 is 0 Å². The minimum absolute atomic E-state index is 0.0815. The molecule has 1 aromatic carbocycles. The Balaban J connectivity index is 2.89. The van der Waals surface area contributed by atoms with Crippen molar-refractivity contribution in [1.29, 1.82) is 0 Å². The Morgan fingerprint density at radius 1 is 1.29 bits per heavy atom. The molecule has 1 amide bonds. The van der Waals surface area contributed by atoms with Crippen molar-refractivity contribution < 1.29 is 4.79 Å². The average Bonchev–Trinajstić information content (AvgIpc) is 2.37. The number of halogens is 1. The van der Waals surface area contributed by atoms with E-state index in [2.05, 4.69) is 36.7 Å². The first-order valence-electron chi connectivity index (χ1n) is 5.85. The number of carbonyl (C=O) groups excluding carboxylic acids is 1. The van der Waals surface area contributed by atoms with Crippen molar-refractivity contribution in [3.8, 4) is 0 Å². The summed E-state index contributed by atoms with van der Waals surface area (Å²) < 4.78 is 0. The highest BCUT2D eigenvalue weighted by molar-refractivity contribution is 9.08. The van der Waals surface area contributed by atoms with Gasteiger partial charge in [0.05, 0.1) is 0 Å². The molecule has 0 aliphatic heterocycles. The van der Waals surface area contributed by atoms with Gasteiger partial charge in [-0.15, -0.1) is 0 Å². The summed E-state index contributed by atoms with van der Waals surface area (Å²) in [6.07, 6.45) is 0.939. The van der Waals surface area contributed by atoms with Gasteiger partial charge in [0.15, 0.2) is 0 Å². The van der Waals surface area contributed by atoms with Gasteiger partial charge in [-0.2, -0.15) is 0 Å². The first-order chi connectivity index (χ1) is 7.92. The van der Waals surface area contributed by atoms with Crippen LogP contribution in [0.5, 0.6) is 0 Å². The van der Waals surface area contributed by atoms with Crippen LogP contribution < -0.4 is 0 Å². The molecule has 0 spiro atoms. The summed E-state index contributed by atoms with van der Waals surface area (Å²) in [6.45, 7) is 6.26. The number of carbonyl (C=O) groups is 1. The second kappa shape index (κ2) is 5.67. The summed E-state index contributed by atoms with van der Waals surface area (Å²) in [5.41, 5.74) is 1.82. The predicted octanol–water partition coefficient (Wildman–Crippen LogP) is 3.84. The van der Waals surface area contributed by atoms with Crippen molar-refractivity contribution in [2.75, 3.05) is 7.05 Å². The first kappa shape index (κ1) is 14.2. The summed E-state index contributed by atoms with van der Waals surface area (Å²) in [7, 11) is 1.87. The number of benzene rings is 1. The third-order valence-corrected chi connectivity index (χ3v) is 4.08. The maximum Gasteiger partial charge on any atom is 0.254 e. The summed E-state index contributed by atoms with van der Waals surface area (Å²) in [4.78, 5) is 14.1. The Bertz CT molecular complexity index is 384. The van der Waals surface area contributed by atoms with E-state index in [4.69, 9.17) is 0 Å². The molecule has 1 aromatic rings. The standard InChI is InChI=1S/C14H20BrNO/c1-5-14(2,3)16(4)13(17)12-8-6-11(10-15)7-9-12/h6-9H,5,10H2,1-4H3. The zero-order valence-corrected chi connectivity index (χ0v) is 12.5. The normalized spacial score (nSPS) is 11.4. The van der Waals surface area contributed by atoms with Crippen LogP contribution in [0.25, 0.3) is 0 Å². The molecule has 2 nitrogen and oxygen atoms in total. The monoisotopic (exact) mass is 297 g/mol. The molecule has 0 aliphatic carbocycles. The van der Waals surface area contributed by atoms with Crippen molar-refractivity contribution in [1.82, 2.24) is 4.90 Å². The lowest BCUT2D eigenvalue weighted by molar-refractivity contribution is 0.0620. The van der Waals surface area contributed by atoms with Crippen LogP contribution in [0.2, 0.25) is 0 Å². The van der Waals surface area contributed by atoms with Crippen molar-refractivity contribution in [3.05, 3.63) is 35.4 Å². The molecule has 17 heavy (non-hydrogen) atoms. The van der Waals surface area contributed by atoms with Crippen LogP contribution in [0.1, 0.15) is 43.1 Å². The van der Waals surface area contributed by atoms with E-state index in [9.17, 15) is 4.79 Å². The summed E-state index contributed by atoms with van der Waals surface area (Å²) >= 11 is 3.40. The fourth-order valence-electron chi connectivity index (χ4n) is 1.44. The van der Waals surface area contributed by atoms with Gasteiger partial charge in [0.25, 0.3) is 5.91 Å². The van der Waals surface area contributed by atoms with E-state index in [1.165, 1.54) is 5.56 Å². The molecular formula is C14H20BrNO. The molecule has 0 radical (unpaired) electrons. The molecule has 3 heteroatoms. The number of hydrogen-bond donors (Lipinski definition) is 0. The van der Waals surface area contributed by atoms with Crippen molar-refractivity contribution in [2.45, 2.75) is 38.1 Å². The van der Waals surface area contributed by atoms with Gasteiger partial charge in [-0.05, 0) is 38.0 Å². The predicted molar refractivity (Wildman–Crippen MR) is 75.5 cm³/mol. The van der Waals surface area contributed by atoms with Crippen LogP contribution in [-0.2, 0) is 5.33 Å². The molecule has 0 saturated heterocycles. The summed E-state index contributed by atoms with van der Waals surface area (Å²) in [6, 6.07) is 7.74. The Morgan fingerprint density at radius 2 is 1.82 bits per heavy atom. The largest absolute Gasteiger partial charge is 0.337 e. The van der Waals surface area contributed by atoms with Gasteiger partial charge in [-0.1, -0.05) is 35.0 Å². The molecule has 0 aromatic heterocycles. The quantitative estimate of drug-likeness (QED) is 0.773. The van der Waals surface area contributed by atoms with Crippen LogP contribution in [0.4, 0.5) is 0 Å². The van der Waals surface area contributed by atoms with Crippen molar-refractivity contribution >= 4 is 21.8 Å². The van der Waals surface area contributed by atoms with Gasteiger partial charge in [0.1, 0.15) is 0 Å². The van der Waals surface area contributed by atoms with Gasteiger partial charge in [-0.25, -0.2) is 0 Å². The van der Waals surface area contributed by atoms with Crippen molar-refractivity contribution in [2.24, 2.45) is 0 Å². The molecule has 0 atom stereocenters. The van der Waals surface area contributed by atoms with E-state index in [0.29, 0.717) is 0 Å². The fraction of sp³-hybridized carbons (Fsp3) is 0.500. The van der Waals surface area contributed by atoms with E-state index in [0.717, 1.165) is 17.3 Å². The number of rotatable bonds is 4. The van der Waals surface area contributed by atoms with Crippen LogP contribution >= 0.6 is 15.9 Å². The Hall–Kier alpha value is -0.830. The van der Waals surface area contributed by atoms with Gasteiger partial charge >= 0.3 is 0 Å². The third-order valence-electron chi connectivity index (χ3n) is 3.43. The Kier molecular flexibility index (Phi) is 4.75. The molecular weight excluding hydrogens is 278 g/mol. The minimum Gasteiger partial charge on any atom is -0.337 e. The summed E-state index contributed by atoms with van der Waals surface area (Å²) in [5.74, 6) is 0.0815.